The summed E-state index contributed by atoms with van der Waals surface area (Å²) in [5.41, 5.74) is 2.78. The van der Waals surface area contributed by atoms with Gasteiger partial charge < -0.3 is 14.2 Å². The summed E-state index contributed by atoms with van der Waals surface area (Å²) in [4.78, 5) is 4.42. The summed E-state index contributed by atoms with van der Waals surface area (Å²) in [6, 6.07) is 9.96. The molecule has 1 fully saturated rings. The first-order chi connectivity index (χ1) is 18.3. The van der Waals surface area contributed by atoms with E-state index < -0.39 is 5.67 Å². The van der Waals surface area contributed by atoms with Crippen molar-refractivity contribution in [2.75, 3.05) is 53.7 Å². The Bertz CT molecular complexity index is 1240. The van der Waals surface area contributed by atoms with Gasteiger partial charge in [-0.25, -0.2) is 4.39 Å². The smallest absolute Gasteiger partial charge is 0.144 e. The average molecular weight is 529 g/mol. The van der Waals surface area contributed by atoms with E-state index in [-0.39, 0.29) is 38.0 Å². The van der Waals surface area contributed by atoms with Crippen LogP contribution in [0.25, 0.3) is 10.9 Å². The molecule has 0 saturated carbocycles. The zero-order valence-corrected chi connectivity index (χ0v) is 22.7. The van der Waals surface area contributed by atoms with Crippen molar-refractivity contribution < 1.29 is 23.0 Å². The van der Waals surface area contributed by atoms with Gasteiger partial charge in [-0.05, 0) is 56.0 Å². The minimum atomic E-state index is -1.52. The molecule has 3 aromatic rings. The minimum absolute atomic E-state index is 0.0181. The van der Waals surface area contributed by atoms with Gasteiger partial charge in [0.25, 0.3) is 0 Å². The van der Waals surface area contributed by atoms with Gasteiger partial charge in [0.15, 0.2) is 0 Å². The largest absolute Gasteiger partial charge is 0.496 e. The molecule has 3 heterocycles. The summed E-state index contributed by atoms with van der Waals surface area (Å²) in [5, 5.41) is 8.44. The number of methoxy groups -OCH3 is 2. The summed E-state index contributed by atoms with van der Waals surface area (Å²) < 4.78 is 45.4. The summed E-state index contributed by atoms with van der Waals surface area (Å²) in [6.45, 7) is 6.03. The lowest BCUT2D eigenvalue weighted by Crippen LogP contribution is -2.53. The molecule has 0 spiro atoms. The van der Waals surface area contributed by atoms with Gasteiger partial charge >= 0.3 is 0 Å². The Hall–Kier alpha value is -2.75. The summed E-state index contributed by atoms with van der Waals surface area (Å²) in [6.07, 6.45) is 3.30. The third kappa shape index (κ3) is 5.37. The fourth-order valence-corrected chi connectivity index (χ4v) is 5.99. The normalized spacial score (nSPS) is 22.2. The van der Waals surface area contributed by atoms with Gasteiger partial charge in [0, 0.05) is 56.3 Å². The molecular formula is C29H38F2N4O3. The number of nitrogens with one attached hydrogen (secondary N) is 1. The number of H-pyrrole nitrogens is 1. The lowest BCUT2D eigenvalue weighted by molar-refractivity contribution is 0.00198. The monoisotopic (exact) mass is 528 g/mol. The number of benzene rings is 2. The van der Waals surface area contributed by atoms with Crippen LogP contribution in [0.2, 0.25) is 0 Å². The van der Waals surface area contributed by atoms with Crippen LogP contribution in [0.5, 0.6) is 11.5 Å². The zero-order chi connectivity index (χ0) is 26.9. The number of alkyl halides is 2. The number of likely N-dealkylation sites (tertiary alicyclic amines) is 1. The maximum atomic E-state index is 15.6. The zero-order valence-electron chi connectivity index (χ0n) is 22.7. The van der Waals surface area contributed by atoms with Crippen LogP contribution in [-0.2, 0) is 11.2 Å². The molecule has 7 nitrogen and oxygen atoms in total. The van der Waals surface area contributed by atoms with E-state index in [0.29, 0.717) is 12.2 Å². The van der Waals surface area contributed by atoms with Crippen molar-refractivity contribution in [1.82, 2.24) is 20.0 Å². The van der Waals surface area contributed by atoms with Crippen molar-refractivity contribution in [3.8, 4) is 11.5 Å². The van der Waals surface area contributed by atoms with Crippen LogP contribution in [-0.4, -0.2) is 91.5 Å². The molecule has 1 aromatic heterocycles. The Morgan fingerprint density at radius 2 is 1.95 bits per heavy atom. The Morgan fingerprint density at radius 1 is 1.16 bits per heavy atom. The van der Waals surface area contributed by atoms with Gasteiger partial charge in [0.05, 0.1) is 38.1 Å². The van der Waals surface area contributed by atoms with E-state index in [4.69, 9.17) is 14.2 Å². The van der Waals surface area contributed by atoms with E-state index in [1.165, 1.54) is 12.7 Å². The second kappa shape index (κ2) is 11.2. The highest BCUT2D eigenvalue weighted by molar-refractivity contribution is 5.83. The Balaban J connectivity index is 1.48. The van der Waals surface area contributed by atoms with E-state index in [1.54, 1.807) is 14.0 Å². The van der Waals surface area contributed by atoms with Crippen LogP contribution < -0.4 is 9.47 Å². The van der Waals surface area contributed by atoms with Gasteiger partial charge in [-0.15, -0.1) is 0 Å². The van der Waals surface area contributed by atoms with Gasteiger partial charge in [-0.3, -0.25) is 19.3 Å². The molecule has 1 unspecified atom stereocenters. The van der Waals surface area contributed by atoms with E-state index in [0.717, 1.165) is 53.8 Å². The highest BCUT2D eigenvalue weighted by Crippen LogP contribution is 2.45. The SMILES string of the molecule is COC[C@@](C)(F)CN1C(c2ccc(OC3CN(CCCF)C3)cc2OC)c2ccc3[nH]ncc3c2C[C@H]1C. The second-order valence-corrected chi connectivity index (χ2v) is 10.9. The second-order valence-electron chi connectivity index (χ2n) is 10.9. The lowest BCUT2D eigenvalue weighted by atomic mass is 9.82. The first-order valence-corrected chi connectivity index (χ1v) is 13.3. The topological polar surface area (TPSA) is 62.9 Å². The molecule has 2 aromatic carbocycles. The Morgan fingerprint density at radius 3 is 2.68 bits per heavy atom. The van der Waals surface area contributed by atoms with Crippen LogP contribution in [0.1, 0.15) is 43.0 Å². The van der Waals surface area contributed by atoms with Crippen molar-refractivity contribution in [1.29, 1.82) is 0 Å². The Labute approximate surface area is 223 Å². The van der Waals surface area contributed by atoms with Crippen molar-refractivity contribution in [2.45, 2.75) is 50.5 Å². The minimum Gasteiger partial charge on any atom is -0.496 e. The molecule has 0 amide bonds. The van der Waals surface area contributed by atoms with Crippen LogP contribution in [0.3, 0.4) is 0 Å². The number of halogens is 2. The predicted octanol–water partition coefficient (Wildman–Crippen LogP) is 4.70. The molecule has 2 aliphatic heterocycles. The van der Waals surface area contributed by atoms with Crippen molar-refractivity contribution in [3.63, 3.8) is 0 Å². The van der Waals surface area contributed by atoms with E-state index in [1.807, 2.05) is 30.5 Å². The number of hydrogen-bond acceptors (Lipinski definition) is 6. The quantitative estimate of drug-likeness (QED) is 0.389. The molecule has 9 heteroatoms. The number of rotatable bonds is 11. The van der Waals surface area contributed by atoms with Crippen LogP contribution in [0.15, 0.2) is 36.5 Å². The summed E-state index contributed by atoms with van der Waals surface area (Å²) >= 11 is 0. The van der Waals surface area contributed by atoms with Gasteiger partial charge in [-0.2, -0.15) is 5.10 Å². The van der Waals surface area contributed by atoms with Crippen molar-refractivity contribution >= 4 is 10.9 Å². The van der Waals surface area contributed by atoms with E-state index in [9.17, 15) is 4.39 Å². The number of ether oxygens (including phenoxy) is 3. The van der Waals surface area contributed by atoms with Gasteiger partial charge in [0.1, 0.15) is 23.3 Å². The number of aromatic nitrogens is 2. The highest BCUT2D eigenvalue weighted by Gasteiger charge is 2.40. The molecule has 1 saturated heterocycles. The first kappa shape index (κ1) is 26.8. The van der Waals surface area contributed by atoms with Gasteiger partial charge in [0.2, 0.25) is 0 Å². The van der Waals surface area contributed by atoms with Crippen molar-refractivity contribution in [2.24, 2.45) is 0 Å². The lowest BCUT2D eigenvalue weighted by Gasteiger charge is -2.45. The van der Waals surface area contributed by atoms with Crippen LogP contribution >= 0.6 is 0 Å². The maximum Gasteiger partial charge on any atom is 0.144 e. The Kier molecular flexibility index (Phi) is 7.88. The molecule has 0 aliphatic carbocycles. The molecule has 5 rings (SSSR count). The number of aromatic amines is 1. The molecule has 3 atom stereocenters. The molecule has 38 heavy (non-hydrogen) atoms. The number of nitrogens with zero attached hydrogens (tertiary/aromatic N) is 3. The predicted molar refractivity (Wildman–Crippen MR) is 144 cm³/mol. The number of hydrogen-bond donors (Lipinski definition) is 1. The number of fused-ring (bicyclic) bond motifs is 3. The third-order valence-electron chi connectivity index (χ3n) is 7.76. The van der Waals surface area contributed by atoms with Gasteiger partial charge in [-0.1, -0.05) is 6.07 Å². The molecule has 0 radical (unpaired) electrons. The molecule has 2 aliphatic rings. The molecule has 1 N–H and O–H groups in total. The van der Waals surface area contributed by atoms with Crippen LogP contribution in [0.4, 0.5) is 8.78 Å². The summed E-state index contributed by atoms with van der Waals surface area (Å²) in [7, 11) is 3.19. The summed E-state index contributed by atoms with van der Waals surface area (Å²) in [5.74, 6) is 1.43. The molecular weight excluding hydrogens is 490 g/mol. The fourth-order valence-electron chi connectivity index (χ4n) is 5.99. The van der Waals surface area contributed by atoms with Crippen LogP contribution in [0, 0.1) is 0 Å². The third-order valence-corrected chi connectivity index (χ3v) is 7.76. The van der Waals surface area contributed by atoms with E-state index >= 15 is 4.39 Å². The maximum absolute atomic E-state index is 15.6. The highest BCUT2D eigenvalue weighted by atomic mass is 19.1. The first-order valence-electron chi connectivity index (χ1n) is 13.3. The fraction of sp³-hybridized carbons (Fsp3) is 0.552. The van der Waals surface area contributed by atoms with Crippen molar-refractivity contribution in [3.05, 3.63) is 53.2 Å². The van der Waals surface area contributed by atoms with E-state index in [2.05, 4.69) is 33.0 Å². The standard InChI is InChI=1S/C29H38F2N4O3/c1-19-12-24-22(8-9-26-25(24)14-32-33-26)28(35(19)17-29(2,31)18-36-3)23-7-6-20(13-27(23)37-4)38-21-15-34(16-21)11-5-10-30/h6-9,13-14,19,21,28H,5,10-12,15-18H2,1-4H3,(H,32,33)/t19-,28?,29+/m1/s1. The molecule has 0 bridgehead atoms. The molecule has 206 valence electrons. The average Bonchev–Trinajstić information content (AvgIpc) is 3.35.